The van der Waals surface area contributed by atoms with Gasteiger partial charge in [-0.2, -0.15) is 0 Å². The van der Waals surface area contributed by atoms with Gasteiger partial charge in [0, 0.05) is 32.9 Å². The molecule has 1 aromatic carbocycles. The minimum absolute atomic E-state index is 0.0587. The SMILES string of the molecule is CCc1cc(=O)oc2cc(C)cc(OC(C)C(=O)N(C)CC3CCOCC3)c12. The molecule has 3 rings (SSSR count). The van der Waals surface area contributed by atoms with E-state index in [-0.39, 0.29) is 11.5 Å². The summed E-state index contributed by atoms with van der Waals surface area (Å²) in [7, 11) is 1.82. The molecule has 1 amide bonds. The first-order chi connectivity index (χ1) is 13.4. The van der Waals surface area contributed by atoms with Gasteiger partial charge in [0.15, 0.2) is 6.10 Å². The van der Waals surface area contributed by atoms with Crippen molar-refractivity contribution in [2.24, 2.45) is 5.92 Å². The van der Waals surface area contributed by atoms with Gasteiger partial charge in [0.25, 0.3) is 5.91 Å². The van der Waals surface area contributed by atoms with Crippen LogP contribution in [-0.2, 0) is 16.0 Å². The number of likely N-dealkylation sites (N-methyl/N-ethyl adjacent to an activating group) is 1. The van der Waals surface area contributed by atoms with Crippen LogP contribution < -0.4 is 10.4 Å². The number of ether oxygens (including phenoxy) is 2. The monoisotopic (exact) mass is 387 g/mol. The molecule has 1 atom stereocenters. The number of amides is 1. The van der Waals surface area contributed by atoms with E-state index in [9.17, 15) is 9.59 Å². The van der Waals surface area contributed by atoms with Gasteiger partial charge in [-0.1, -0.05) is 6.92 Å². The number of hydrogen-bond donors (Lipinski definition) is 0. The molecule has 1 aromatic heterocycles. The lowest BCUT2D eigenvalue weighted by Crippen LogP contribution is -2.41. The Morgan fingerprint density at radius 2 is 2.00 bits per heavy atom. The second-order valence-corrected chi connectivity index (χ2v) is 7.62. The topological polar surface area (TPSA) is 69.0 Å². The second kappa shape index (κ2) is 8.78. The van der Waals surface area contributed by atoms with Crippen molar-refractivity contribution in [1.82, 2.24) is 4.90 Å². The molecule has 1 unspecified atom stereocenters. The summed E-state index contributed by atoms with van der Waals surface area (Å²) >= 11 is 0. The van der Waals surface area contributed by atoms with Gasteiger partial charge in [0.05, 0.1) is 5.39 Å². The van der Waals surface area contributed by atoms with E-state index in [0.717, 1.165) is 42.6 Å². The molecular weight excluding hydrogens is 358 g/mol. The molecule has 6 nitrogen and oxygen atoms in total. The largest absolute Gasteiger partial charge is 0.480 e. The van der Waals surface area contributed by atoms with Crippen molar-refractivity contribution in [2.75, 3.05) is 26.8 Å². The minimum atomic E-state index is -0.633. The van der Waals surface area contributed by atoms with E-state index in [1.54, 1.807) is 11.8 Å². The van der Waals surface area contributed by atoms with Crippen LogP contribution in [0.3, 0.4) is 0 Å². The van der Waals surface area contributed by atoms with E-state index in [2.05, 4.69) is 0 Å². The van der Waals surface area contributed by atoms with Gasteiger partial charge in [0.1, 0.15) is 11.3 Å². The first-order valence-corrected chi connectivity index (χ1v) is 9.95. The van der Waals surface area contributed by atoms with Crippen molar-refractivity contribution < 1.29 is 18.7 Å². The molecule has 0 bridgehead atoms. The standard InChI is InChI=1S/C22H29NO5/c1-5-17-12-20(24)28-19-11-14(2)10-18(21(17)19)27-15(3)22(25)23(4)13-16-6-8-26-9-7-16/h10-12,15-16H,5-9,13H2,1-4H3. The van der Waals surface area contributed by atoms with E-state index in [4.69, 9.17) is 13.9 Å². The summed E-state index contributed by atoms with van der Waals surface area (Å²) in [6.45, 7) is 7.89. The Bertz CT molecular complexity index is 898. The van der Waals surface area contributed by atoms with Crippen LogP contribution in [0.5, 0.6) is 5.75 Å². The fraction of sp³-hybridized carbons (Fsp3) is 0.545. The highest BCUT2D eigenvalue weighted by Crippen LogP contribution is 2.31. The van der Waals surface area contributed by atoms with Crippen molar-refractivity contribution in [3.05, 3.63) is 39.7 Å². The van der Waals surface area contributed by atoms with Crippen molar-refractivity contribution >= 4 is 16.9 Å². The van der Waals surface area contributed by atoms with E-state index < -0.39 is 6.10 Å². The van der Waals surface area contributed by atoms with Crippen LogP contribution in [0.2, 0.25) is 0 Å². The Labute approximate surface area is 165 Å². The van der Waals surface area contributed by atoms with Crippen molar-refractivity contribution in [3.63, 3.8) is 0 Å². The Kier molecular flexibility index (Phi) is 6.39. The van der Waals surface area contributed by atoms with Crippen LogP contribution in [0, 0.1) is 12.8 Å². The molecule has 0 spiro atoms. The summed E-state index contributed by atoms with van der Waals surface area (Å²) < 4.78 is 16.8. The minimum Gasteiger partial charge on any atom is -0.480 e. The number of benzene rings is 1. The average Bonchev–Trinajstić information content (AvgIpc) is 2.66. The van der Waals surface area contributed by atoms with Crippen molar-refractivity contribution in [1.29, 1.82) is 0 Å². The first-order valence-electron chi connectivity index (χ1n) is 9.95. The summed E-state index contributed by atoms with van der Waals surface area (Å²) in [6, 6.07) is 5.21. The number of carbonyl (C=O) groups is 1. The molecule has 152 valence electrons. The Morgan fingerprint density at radius 3 is 2.68 bits per heavy atom. The van der Waals surface area contributed by atoms with Crippen LogP contribution in [0.1, 0.15) is 37.8 Å². The smallest absolute Gasteiger partial charge is 0.336 e. The number of rotatable bonds is 6. The molecule has 2 heterocycles. The van der Waals surface area contributed by atoms with Crippen LogP contribution in [0.25, 0.3) is 11.0 Å². The average molecular weight is 387 g/mol. The van der Waals surface area contributed by atoms with Crippen LogP contribution >= 0.6 is 0 Å². The molecule has 0 saturated carbocycles. The lowest BCUT2D eigenvalue weighted by atomic mass is 10.00. The molecule has 6 heteroatoms. The second-order valence-electron chi connectivity index (χ2n) is 7.62. The van der Waals surface area contributed by atoms with Crippen molar-refractivity contribution in [3.8, 4) is 5.75 Å². The summed E-state index contributed by atoms with van der Waals surface area (Å²) in [6.07, 6.45) is 2.00. The van der Waals surface area contributed by atoms with Gasteiger partial charge >= 0.3 is 5.63 Å². The van der Waals surface area contributed by atoms with E-state index in [1.807, 2.05) is 33.0 Å². The quantitative estimate of drug-likeness (QED) is 0.711. The fourth-order valence-electron chi connectivity index (χ4n) is 3.80. The van der Waals surface area contributed by atoms with Crippen LogP contribution in [0.15, 0.2) is 27.4 Å². The molecule has 0 aliphatic carbocycles. The zero-order chi connectivity index (χ0) is 20.3. The molecule has 0 radical (unpaired) electrons. The Hall–Kier alpha value is -2.34. The van der Waals surface area contributed by atoms with Crippen LogP contribution in [0.4, 0.5) is 0 Å². The number of hydrogen-bond acceptors (Lipinski definition) is 5. The third kappa shape index (κ3) is 4.55. The molecule has 1 aliphatic heterocycles. The van der Waals surface area contributed by atoms with Gasteiger partial charge in [-0.25, -0.2) is 4.79 Å². The molecule has 1 saturated heterocycles. The maximum absolute atomic E-state index is 12.8. The normalized spacial score (nSPS) is 16.1. The highest BCUT2D eigenvalue weighted by molar-refractivity contribution is 5.88. The van der Waals surface area contributed by atoms with Gasteiger partial charge in [-0.15, -0.1) is 0 Å². The molecule has 1 fully saturated rings. The zero-order valence-electron chi connectivity index (χ0n) is 17.1. The van der Waals surface area contributed by atoms with E-state index >= 15 is 0 Å². The molecule has 1 aliphatic rings. The highest BCUT2D eigenvalue weighted by Gasteiger charge is 2.24. The maximum Gasteiger partial charge on any atom is 0.336 e. The molecule has 2 aromatic rings. The fourth-order valence-corrected chi connectivity index (χ4v) is 3.80. The van der Waals surface area contributed by atoms with Gasteiger partial charge in [-0.05, 0) is 62.3 Å². The molecular formula is C22H29NO5. The van der Waals surface area contributed by atoms with Gasteiger partial charge < -0.3 is 18.8 Å². The number of nitrogens with zero attached hydrogens (tertiary/aromatic N) is 1. The Balaban J connectivity index is 1.81. The van der Waals surface area contributed by atoms with Crippen molar-refractivity contribution in [2.45, 2.75) is 46.1 Å². The third-order valence-corrected chi connectivity index (χ3v) is 5.32. The summed E-state index contributed by atoms with van der Waals surface area (Å²) in [4.78, 5) is 26.4. The summed E-state index contributed by atoms with van der Waals surface area (Å²) in [5.74, 6) is 0.989. The number of fused-ring (bicyclic) bond motifs is 1. The zero-order valence-corrected chi connectivity index (χ0v) is 17.1. The number of carbonyl (C=O) groups excluding carboxylic acids is 1. The van der Waals surface area contributed by atoms with Gasteiger partial charge in [-0.3, -0.25) is 4.79 Å². The lowest BCUT2D eigenvalue weighted by Gasteiger charge is -2.29. The molecule has 0 N–H and O–H groups in total. The highest BCUT2D eigenvalue weighted by atomic mass is 16.5. The lowest BCUT2D eigenvalue weighted by molar-refractivity contribution is -0.137. The maximum atomic E-state index is 12.8. The first kappa shape index (κ1) is 20.4. The Morgan fingerprint density at radius 1 is 1.29 bits per heavy atom. The predicted molar refractivity (Wildman–Crippen MR) is 108 cm³/mol. The van der Waals surface area contributed by atoms with E-state index in [0.29, 0.717) is 30.2 Å². The molecule has 28 heavy (non-hydrogen) atoms. The van der Waals surface area contributed by atoms with Gasteiger partial charge in [0.2, 0.25) is 0 Å². The van der Waals surface area contributed by atoms with E-state index in [1.165, 1.54) is 6.07 Å². The summed E-state index contributed by atoms with van der Waals surface area (Å²) in [5.41, 5.74) is 1.89. The van der Waals surface area contributed by atoms with Crippen LogP contribution in [-0.4, -0.2) is 43.7 Å². The summed E-state index contributed by atoms with van der Waals surface area (Å²) in [5, 5.41) is 0.763. The third-order valence-electron chi connectivity index (χ3n) is 5.32. The number of aryl methyl sites for hydroxylation is 2. The predicted octanol–water partition coefficient (Wildman–Crippen LogP) is 3.32.